The predicted octanol–water partition coefficient (Wildman–Crippen LogP) is 11.1. The Morgan fingerprint density at radius 2 is 0.647 bits per heavy atom. The first-order valence-corrected chi connectivity index (χ1v) is 31.3. The molecule has 1 aliphatic carbocycles. The number of hydrogen-bond acceptors (Lipinski definition) is 10. The molecule has 5 rings (SSSR count). The summed E-state index contributed by atoms with van der Waals surface area (Å²) in [5, 5.41) is 30.4. The molecule has 2 N–H and O–H groups in total. The highest BCUT2D eigenvalue weighted by Crippen LogP contribution is 2.52. The maximum Gasteiger partial charge on any atom is 0.339 e. The monoisotopic (exact) mass is 960 g/mol. The average Bonchev–Trinajstić information content (AvgIpc) is 3.31. The maximum atomic E-state index is 14.1. The lowest BCUT2D eigenvalue weighted by molar-refractivity contribution is 0.0553. The van der Waals surface area contributed by atoms with Crippen molar-refractivity contribution in [3.63, 3.8) is 0 Å². The van der Waals surface area contributed by atoms with Gasteiger partial charge in [0.2, 0.25) is 0 Å². The van der Waals surface area contributed by atoms with E-state index in [2.05, 4.69) is 62.2 Å². The quantitative estimate of drug-likeness (QED) is 0.0482. The summed E-state index contributed by atoms with van der Waals surface area (Å²) in [6.45, 7) is 20.7. The molecule has 0 aromatic heterocycles. The molecule has 4 aromatic carbocycles. The van der Waals surface area contributed by atoms with Gasteiger partial charge in [0.15, 0.2) is 11.2 Å². The number of aliphatic hydroxyl groups is 2. The Balaban J connectivity index is 2.24. The first kappa shape index (κ1) is 53.7. The maximum absolute atomic E-state index is 14.1. The van der Waals surface area contributed by atoms with Crippen molar-refractivity contribution in [2.24, 2.45) is 0 Å². The predicted molar refractivity (Wildman–Crippen MR) is 276 cm³/mol. The van der Waals surface area contributed by atoms with Crippen molar-refractivity contribution in [2.45, 2.75) is 155 Å². The fraction of sp³-hybridized carbons (Fsp3) is 0.500. The number of carbonyl (C=O) groups is 4. The second kappa shape index (κ2) is 21.6. The molecule has 0 saturated heterocycles. The summed E-state index contributed by atoms with van der Waals surface area (Å²) in [7, 11) is 0.660. The molecule has 0 radical (unpaired) electrons. The van der Waals surface area contributed by atoms with Gasteiger partial charge in [0.25, 0.3) is 0 Å². The topological polar surface area (TPSA) is 146 Å². The van der Waals surface area contributed by atoms with Gasteiger partial charge in [0.05, 0.1) is 50.7 Å². The Bertz CT molecular complexity index is 2430. The van der Waals surface area contributed by atoms with E-state index in [0.717, 1.165) is 25.7 Å². The van der Waals surface area contributed by atoms with E-state index in [1.807, 2.05) is 52.0 Å². The number of benzene rings is 4. The number of unbranched alkanes of at least 4 members (excludes halogenated alkanes) is 4. The largest absolute Gasteiger partial charge is 0.465 e. The summed E-state index contributed by atoms with van der Waals surface area (Å²) in [4.78, 5) is 56.3. The molecule has 4 aromatic rings. The zero-order chi connectivity index (χ0) is 50.5. The van der Waals surface area contributed by atoms with Crippen molar-refractivity contribution in [1.29, 1.82) is 0 Å². The minimum atomic E-state index is -2.26. The zero-order valence-corrected chi connectivity index (χ0v) is 45.0. The Morgan fingerprint density at radius 3 is 0.809 bits per heavy atom. The number of esters is 4. The van der Waals surface area contributed by atoms with Crippen LogP contribution in [-0.2, 0) is 55.8 Å². The van der Waals surface area contributed by atoms with Crippen molar-refractivity contribution in [1.82, 2.24) is 0 Å². The van der Waals surface area contributed by atoms with Gasteiger partial charge in [-0.3, -0.25) is 0 Å². The fourth-order valence-electron chi connectivity index (χ4n) is 9.42. The van der Waals surface area contributed by atoms with Gasteiger partial charge in [-0.25, -0.2) is 19.2 Å². The first-order chi connectivity index (χ1) is 32.1. The third kappa shape index (κ3) is 10.4. The van der Waals surface area contributed by atoms with E-state index < -0.39 is 51.2 Å². The van der Waals surface area contributed by atoms with E-state index in [1.54, 1.807) is 0 Å². The Labute approximate surface area is 405 Å². The molecular weight excluding hydrogens is 889 g/mol. The fourth-order valence-corrected chi connectivity index (χ4v) is 10.5. The highest BCUT2D eigenvalue weighted by Gasteiger charge is 2.50. The third-order valence-electron chi connectivity index (χ3n) is 12.8. The number of carbonyl (C=O) groups excluding carboxylic acids is 4. The van der Waals surface area contributed by atoms with E-state index in [0.29, 0.717) is 95.2 Å². The van der Waals surface area contributed by atoms with Crippen LogP contribution in [0.15, 0.2) is 24.3 Å². The van der Waals surface area contributed by atoms with Crippen LogP contribution in [0.5, 0.6) is 0 Å². The number of hydrogen-bond donors (Lipinski definition) is 2. The van der Waals surface area contributed by atoms with Crippen molar-refractivity contribution in [3.05, 3.63) is 91.0 Å². The molecule has 0 saturated carbocycles. The Kier molecular flexibility index (Phi) is 17.0. The minimum absolute atomic E-state index is 0.121. The number of methoxy groups -OCH3 is 4. The molecule has 364 valence electrons. The molecule has 0 fully saturated rings. The summed E-state index contributed by atoms with van der Waals surface area (Å²) >= 11 is 0. The van der Waals surface area contributed by atoms with Crippen LogP contribution < -0.4 is 0 Å². The lowest BCUT2D eigenvalue weighted by Gasteiger charge is -2.41. The molecule has 12 heteroatoms. The van der Waals surface area contributed by atoms with Crippen LogP contribution in [-0.4, -0.2) is 78.7 Å². The van der Waals surface area contributed by atoms with Gasteiger partial charge in [-0.05, 0) is 119 Å². The Morgan fingerprint density at radius 1 is 0.441 bits per heavy atom. The van der Waals surface area contributed by atoms with Gasteiger partial charge < -0.3 is 29.2 Å². The van der Waals surface area contributed by atoms with Crippen LogP contribution >= 0.6 is 0 Å². The van der Waals surface area contributed by atoms with Gasteiger partial charge in [-0.15, -0.1) is 11.1 Å². The molecule has 1 aliphatic rings. The minimum Gasteiger partial charge on any atom is -0.465 e. The molecule has 10 nitrogen and oxygen atoms in total. The lowest BCUT2D eigenvalue weighted by Crippen LogP contribution is -2.42. The molecule has 0 amide bonds. The van der Waals surface area contributed by atoms with E-state index in [1.165, 1.54) is 28.4 Å². The van der Waals surface area contributed by atoms with Gasteiger partial charge in [-0.1, -0.05) is 105 Å². The summed E-state index contributed by atoms with van der Waals surface area (Å²) in [5.41, 5.74) is 6.68. The van der Waals surface area contributed by atoms with E-state index in [-0.39, 0.29) is 44.5 Å². The molecule has 0 aliphatic heterocycles. The van der Waals surface area contributed by atoms with Crippen LogP contribution in [0.25, 0.3) is 21.5 Å². The van der Waals surface area contributed by atoms with E-state index >= 15 is 0 Å². The number of ether oxygens (including phenoxy) is 4. The molecule has 0 atom stereocenters. The van der Waals surface area contributed by atoms with Crippen molar-refractivity contribution in [2.75, 3.05) is 28.4 Å². The highest BCUT2D eigenvalue weighted by molar-refractivity contribution is 6.84. The summed E-state index contributed by atoms with van der Waals surface area (Å²) in [6, 6.07) is 7.38. The van der Waals surface area contributed by atoms with Crippen LogP contribution in [0.1, 0.15) is 165 Å². The third-order valence-corrected chi connectivity index (χ3v) is 14.5. The normalized spacial score (nSPS) is 16.5. The molecule has 0 heterocycles. The molecule has 0 bridgehead atoms. The van der Waals surface area contributed by atoms with Crippen molar-refractivity contribution in [3.8, 4) is 22.9 Å². The second-order valence-corrected chi connectivity index (χ2v) is 29.6. The van der Waals surface area contributed by atoms with Crippen molar-refractivity contribution >= 4 is 61.6 Å². The van der Waals surface area contributed by atoms with E-state index in [4.69, 9.17) is 18.9 Å². The van der Waals surface area contributed by atoms with Crippen LogP contribution in [0.3, 0.4) is 0 Å². The SMILES string of the molecule is CCCCc1c(C(=O)OC)c(C(=O)OC)c(CCCC)c2cc3c(cc12)C(O)(C#C[Si](C)(C)C)c1cc2c(CCCC)c(C(=O)OC)c(C(=O)OC)c(CCCC)c2cc1C3(O)C#C[Si](C)(C)C. The van der Waals surface area contributed by atoms with Crippen molar-refractivity contribution < 1.29 is 48.3 Å². The van der Waals surface area contributed by atoms with E-state index in [9.17, 15) is 29.4 Å². The van der Waals surface area contributed by atoms with Gasteiger partial charge in [-0.2, -0.15) is 0 Å². The molecule has 0 spiro atoms. The van der Waals surface area contributed by atoms with Crippen LogP contribution in [0.2, 0.25) is 39.3 Å². The highest BCUT2D eigenvalue weighted by atomic mass is 28.3. The molecule has 0 unspecified atom stereocenters. The summed E-state index contributed by atoms with van der Waals surface area (Å²) in [6.07, 6.45) is 7.38. The lowest BCUT2D eigenvalue weighted by atomic mass is 9.65. The molecular formula is C56H72O10Si2. The first-order valence-electron chi connectivity index (χ1n) is 24.3. The van der Waals surface area contributed by atoms with Gasteiger partial charge >= 0.3 is 23.9 Å². The standard InChI is InChI=1S/C56H72O10Si2/c1-15-19-23-35-39-31-43-44(32-40(39)36(24-20-16-2)48(52(58)64-6)47(35)51(57)63-5)56(62,28-30-68(12,13)14)46-34-42-38(26-22-18-4)50(54(60)66-8)49(53(59)65-7)37(25-21-17-3)41(42)33-45(46)55(43,61)27-29-67(9,10)11/h31-34,61-62H,15-26H2,1-14H3. The average molecular weight is 961 g/mol. The zero-order valence-electron chi connectivity index (χ0n) is 43.0. The van der Waals surface area contributed by atoms with Crippen LogP contribution in [0.4, 0.5) is 0 Å². The molecule has 68 heavy (non-hydrogen) atoms. The Hall–Kier alpha value is -5.25. The van der Waals surface area contributed by atoms with Gasteiger partial charge in [0.1, 0.15) is 16.1 Å². The smallest absolute Gasteiger partial charge is 0.339 e. The number of rotatable bonds is 16. The van der Waals surface area contributed by atoms with Crippen LogP contribution in [0, 0.1) is 22.9 Å². The summed E-state index contributed by atoms with van der Waals surface area (Å²) in [5.74, 6) is 4.04. The number of fused-ring (bicyclic) bond motifs is 4. The summed E-state index contributed by atoms with van der Waals surface area (Å²) < 4.78 is 21.7. The van der Waals surface area contributed by atoms with Gasteiger partial charge in [0, 0.05) is 22.3 Å². The number of aryl methyl sites for hydroxylation is 4. The second-order valence-electron chi connectivity index (χ2n) is 20.1.